The van der Waals surface area contributed by atoms with E-state index in [4.69, 9.17) is 23.7 Å². The Hall–Kier alpha value is -6.23. The molecule has 17 nitrogen and oxygen atoms in total. The van der Waals surface area contributed by atoms with Gasteiger partial charge in [0.2, 0.25) is 23.6 Å². The van der Waals surface area contributed by atoms with Gasteiger partial charge in [-0.05, 0) is 89.3 Å². The monoisotopic (exact) mass is 1120 g/mol. The number of halogens is 3. The van der Waals surface area contributed by atoms with E-state index in [0.717, 1.165) is 22.3 Å². The second-order valence-corrected chi connectivity index (χ2v) is 21.8. The van der Waals surface area contributed by atoms with E-state index in [1.807, 2.05) is 69.3 Å². The van der Waals surface area contributed by atoms with Crippen LogP contribution in [0.2, 0.25) is 0 Å². The maximum atomic E-state index is 13.9. The van der Waals surface area contributed by atoms with Crippen molar-refractivity contribution in [1.82, 2.24) is 31.2 Å². The van der Waals surface area contributed by atoms with Crippen LogP contribution in [0.15, 0.2) is 78.3 Å². The summed E-state index contributed by atoms with van der Waals surface area (Å²) in [6.45, 7) is 9.67. The highest BCUT2D eigenvalue weighted by Gasteiger charge is 2.45. The summed E-state index contributed by atoms with van der Waals surface area (Å²) in [5.74, 6) is -2.79. The standard InChI is InChI=1S/C58H75F3N6O11S/c1-38-19-28-79-52(38)43-14-10-40(11-15-43)33-65-55(72)48-32-46(68)36-67(48)56(73)53(57(2,3)4)66-51(70)37-78-27-26-77-25-24-76-23-22-75-21-20-62-50(69)30-41-7-6-8-42(29-41)34-64-54(71)47-31-44(49(74-5)35-63-47)16-9-39-12-17-45(18-13-39)58(59,60)61/h6-11,14-16,19,28-29,31,35,39,45-46,48,53,68H,12-13,17-18,20-27,30,32-34,36-37H2,1-5H3,(H,62,69)(H,64,71)(H,65,72)(H,66,70)/b16-9+/t39-,45-,46-,48+,53-/m1/s1. The van der Waals surface area contributed by atoms with Crippen LogP contribution in [-0.2, 0) is 57.6 Å². The number of nitrogens with one attached hydrogen (secondary N) is 4. The molecule has 1 aliphatic carbocycles. The zero-order chi connectivity index (χ0) is 57.0. The third kappa shape index (κ3) is 19.8. The fourth-order valence-electron chi connectivity index (χ4n) is 9.29. The van der Waals surface area contributed by atoms with Crippen LogP contribution in [0.5, 0.6) is 5.75 Å². The van der Waals surface area contributed by atoms with Crippen molar-refractivity contribution in [3.63, 3.8) is 0 Å². The third-order valence-electron chi connectivity index (χ3n) is 13.7. The Labute approximate surface area is 464 Å². The number of nitrogens with zero attached hydrogens (tertiary/aromatic N) is 2. The van der Waals surface area contributed by atoms with Gasteiger partial charge in [0.25, 0.3) is 5.91 Å². The summed E-state index contributed by atoms with van der Waals surface area (Å²) in [6.07, 6.45) is 1.30. The topological polar surface area (TPSA) is 216 Å². The van der Waals surface area contributed by atoms with Gasteiger partial charge < -0.3 is 55.0 Å². The first-order valence-corrected chi connectivity index (χ1v) is 27.6. The zero-order valence-electron chi connectivity index (χ0n) is 45.7. The van der Waals surface area contributed by atoms with Crippen LogP contribution in [0, 0.1) is 24.2 Å². The van der Waals surface area contributed by atoms with Gasteiger partial charge in [-0.25, -0.2) is 4.98 Å². The highest BCUT2D eigenvalue weighted by atomic mass is 32.1. The Morgan fingerprint density at radius 2 is 1.47 bits per heavy atom. The van der Waals surface area contributed by atoms with Crippen molar-refractivity contribution in [2.24, 2.45) is 17.3 Å². The Balaban J connectivity index is 0.783. The van der Waals surface area contributed by atoms with Crippen LogP contribution >= 0.6 is 11.3 Å². The van der Waals surface area contributed by atoms with Gasteiger partial charge in [0, 0.05) is 43.0 Å². The molecule has 2 fully saturated rings. The number of thiophene rings is 1. The highest BCUT2D eigenvalue weighted by Crippen LogP contribution is 2.40. The molecule has 5 amide bonds. The van der Waals surface area contributed by atoms with Crippen LogP contribution in [0.25, 0.3) is 16.5 Å². The summed E-state index contributed by atoms with van der Waals surface area (Å²) in [5, 5.41) is 24.0. The molecule has 21 heteroatoms. The number of carbonyl (C=O) groups excluding carboxylic acids is 5. The van der Waals surface area contributed by atoms with E-state index in [1.54, 1.807) is 29.5 Å². The summed E-state index contributed by atoms with van der Waals surface area (Å²) in [5.41, 5.74) is 4.77. The van der Waals surface area contributed by atoms with Crippen molar-refractivity contribution in [2.45, 2.75) is 104 Å². The number of benzene rings is 2. The molecule has 0 radical (unpaired) electrons. The maximum Gasteiger partial charge on any atom is 0.391 e. The number of carbonyl (C=O) groups is 5. The van der Waals surface area contributed by atoms with E-state index in [-0.39, 0.29) is 102 Å². The molecule has 6 rings (SSSR count). The molecule has 430 valence electrons. The number of likely N-dealkylation sites (tertiary alicyclic amines) is 1. The summed E-state index contributed by atoms with van der Waals surface area (Å²) in [7, 11) is 1.48. The van der Waals surface area contributed by atoms with Gasteiger partial charge in [0.05, 0.1) is 78.0 Å². The minimum atomic E-state index is -4.17. The Morgan fingerprint density at radius 3 is 2.11 bits per heavy atom. The first kappa shape index (κ1) is 62.0. The summed E-state index contributed by atoms with van der Waals surface area (Å²) in [6, 6.07) is 17.0. The number of alkyl halides is 3. The fourth-order valence-corrected chi connectivity index (χ4v) is 10.2. The second kappa shape index (κ2) is 30.4. The molecular weight excluding hydrogens is 1050 g/mol. The molecule has 2 aliphatic rings. The maximum absolute atomic E-state index is 13.9. The van der Waals surface area contributed by atoms with Gasteiger partial charge >= 0.3 is 6.18 Å². The molecule has 2 aromatic heterocycles. The molecule has 4 aromatic rings. The predicted molar refractivity (Wildman–Crippen MR) is 293 cm³/mol. The van der Waals surface area contributed by atoms with E-state index in [0.29, 0.717) is 50.5 Å². The van der Waals surface area contributed by atoms with Crippen LogP contribution < -0.4 is 26.0 Å². The molecule has 1 saturated carbocycles. The first-order chi connectivity index (χ1) is 37.8. The Morgan fingerprint density at radius 1 is 0.810 bits per heavy atom. The number of amides is 5. The molecule has 1 aliphatic heterocycles. The van der Waals surface area contributed by atoms with Crippen molar-refractivity contribution in [2.75, 3.05) is 73.1 Å². The lowest BCUT2D eigenvalue weighted by Crippen LogP contribution is -2.58. The van der Waals surface area contributed by atoms with Crippen molar-refractivity contribution in [3.05, 3.63) is 112 Å². The SMILES string of the molecule is COc1cnc(C(=O)NCc2cccc(CC(=O)NCCOCCOCCOCCOCC(=O)N[C@H](C(=O)N3C[C@H](O)C[C@H]3C(=O)NCc3ccc(-c4sccc4C)cc3)C(C)(C)C)c2)cc1/C=C/[C@H]1CC[C@H](C(F)(F)F)CC1. The van der Waals surface area contributed by atoms with Crippen LogP contribution in [0.3, 0.4) is 0 Å². The largest absolute Gasteiger partial charge is 0.495 e. The van der Waals surface area contributed by atoms with Crippen molar-refractivity contribution in [1.29, 1.82) is 0 Å². The van der Waals surface area contributed by atoms with Crippen molar-refractivity contribution in [3.8, 4) is 16.2 Å². The number of aromatic nitrogens is 1. The number of methoxy groups -OCH3 is 1. The average Bonchev–Trinajstić information content (AvgIpc) is 4.05. The lowest BCUT2D eigenvalue weighted by atomic mass is 9.81. The third-order valence-corrected chi connectivity index (χ3v) is 14.8. The molecule has 0 unspecified atom stereocenters. The van der Waals surface area contributed by atoms with E-state index >= 15 is 0 Å². The average molecular weight is 1120 g/mol. The Kier molecular flexibility index (Phi) is 23.8. The molecule has 3 heterocycles. The summed E-state index contributed by atoms with van der Waals surface area (Å²) >= 11 is 1.67. The van der Waals surface area contributed by atoms with Crippen LogP contribution in [0.4, 0.5) is 13.2 Å². The van der Waals surface area contributed by atoms with Gasteiger partial charge in [-0.1, -0.05) is 81.5 Å². The smallest absolute Gasteiger partial charge is 0.391 e. The number of aliphatic hydroxyl groups excluding tert-OH is 1. The molecule has 79 heavy (non-hydrogen) atoms. The lowest BCUT2D eigenvalue weighted by Gasteiger charge is -2.35. The normalized spacial score (nSPS) is 18.1. The molecule has 1 saturated heterocycles. The number of rotatable bonds is 28. The highest BCUT2D eigenvalue weighted by molar-refractivity contribution is 7.13. The van der Waals surface area contributed by atoms with E-state index in [1.165, 1.54) is 28.6 Å². The number of β-amino-alcohol motifs (C(OH)–C–C–N with tert-alkyl or cyclic N) is 1. The van der Waals surface area contributed by atoms with Crippen molar-refractivity contribution < 1.29 is 65.9 Å². The molecule has 2 aromatic carbocycles. The van der Waals surface area contributed by atoms with E-state index in [2.05, 4.69) is 44.6 Å². The lowest BCUT2D eigenvalue weighted by molar-refractivity contribution is -0.183. The van der Waals surface area contributed by atoms with Crippen LogP contribution in [-0.4, -0.2) is 142 Å². The zero-order valence-corrected chi connectivity index (χ0v) is 46.5. The second-order valence-electron chi connectivity index (χ2n) is 20.9. The Bertz CT molecular complexity index is 2650. The molecule has 0 bridgehead atoms. The summed E-state index contributed by atoms with van der Waals surface area (Å²) < 4.78 is 66.9. The number of hydrogen-bond donors (Lipinski definition) is 5. The van der Waals surface area contributed by atoms with E-state index < -0.39 is 53.4 Å². The van der Waals surface area contributed by atoms with Crippen molar-refractivity contribution >= 4 is 46.9 Å². The van der Waals surface area contributed by atoms with Gasteiger partial charge in [0.15, 0.2) is 0 Å². The number of hydrogen-bond acceptors (Lipinski definition) is 13. The van der Waals surface area contributed by atoms with Gasteiger partial charge in [0.1, 0.15) is 30.1 Å². The number of aryl methyl sites for hydroxylation is 1. The number of ether oxygens (including phenoxy) is 5. The molecular formula is C58H75F3N6O11S. The predicted octanol–water partition coefficient (Wildman–Crippen LogP) is 6.97. The molecule has 5 N–H and O–H groups in total. The summed E-state index contributed by atoms with van der Waals surface area (Å²) in [4.78, 5) is 72.9. The fraction of sp³-hybridized carbons (Fsp3) is 0.517. The van der Waals surface area contributed by atoms with Gasteiger partial charge in [-0.15, -0.1) is 11.3 Å². The van der Waals surface area contributed by atoms with Crippen LogP contribution in [0.1, 0.15) is 91.2 Å². The number of aliphatic hydroxyl groups is 1. The quantitative estimate of drug-likeness (QED) is 0.0365. The molecule has 3 atom stereocenters. The number of allylic oxidation sites excluding steroid dienone is 1. The number of pyridine rings is 1. The minimum absolute atomic E-state index is 0.00142. The molecule has 0 spiro atoms. The first-order valence-electron chi connectivity index (χ1n) is 26.7. The van der Waals surface area contributed by atoms with E-state index in [9.17, 15) is 42.3 Å². The minimum Gasteiger partial charge on any atom is -0.495 e. The van der Waals surface area contributed by atoms with Gasteiger partial charge in [-0.3, -0.25) is 24.0 Å². The van der Waals surface area contributed by atoms with Gasteiger partial charge in [-0.2, -0.15) is 13.2 Å².